The number of thioether (sulfide) groups is 2. The molecular formula is C21H18ClN3O2S2. The number of anilines is 1. The highest BCUT2D eigenvalue weighted by Gasteiger charge is 2.30. The highest BCUT2D eigenvalue weighted by atomic mass is 35.5. The average Bonchev–Trinajstić information content (AvgIpc) is 2.72. The van der Waals surface area contributed by atoms with E-state index in [1.165, 1.54) is 11.8 Å². The molecule has 0 saturated heterocycles. The van der Waals surface area contributed by atoms with E-state index in [1.807, 2.05) is 54.8 Å². The molecule has 1 aliphatic heterocycles. The molecule has 0 radical (unpaired) electrons. The van der Waals surface area contributed by atoms with Crippen molar-refractivity contribution in [2.75, 3.05) is 11.6 Å². The van der Waals surface area contributed by atoms with E-state index in [2.05, 4.69) is 15.3 Å². The molecule has 1 aliphatic rings. The summed E-state index contributed by atoms with van der Waals surface area (Å²) in [6, 6.07) is 15.5. The van der Waals surface area contributed by atoms with Crippen LogP contribution in [0.4, 0.5) is 5.82 Å². The maximum absolute atomic E-state index is 12.9. The molecule has 2 heterocycles. The van der Waals surface area contributed by atoms with Crippen LogP contribution in [0, 0.1) is 0 Å². The predicted molar refractivity (Wildman–Crippen MR) is 119 cm³/mol. The Balaban J connectivity index is 1.62. The van der Waals surface area contributed by atoms with Gasteiger partial charge in [-0.15, -0.1) is 11.8 Å². The number of nitrogens with zero attached hydrogens (tertiary/aromatic N) is 1. The van der Waals surface area contributed by atoms with Gasteiger partial charge in [0.05, 0.1) is 5.56 Å². The van der Waals surface area contributed by atoms with Crippen molar-refractivity contribution in [2.24, 2.45) is 0 Å². The summed E-state index contributed by atoms with van der Waals surface area (Å²) in [7, 11) is 0. The second-order valence-corrected chi connectivity index (χ2v) is 8.91. The van der Waals surface area contributed by atoms with Crippen LogP contribution in [0.15, 0.2) is 63.4 Å². The van der Waals surface area contributed by atoms with Crippen molar-refractivity contribution in [2.45, 2.75) is 28.1 Å². The highest BCUT2D eigenvalue weighted by Crippen LogP contribution is 2.35. The Kier molecular flexibility index (Phi) is 5.99. The largest absolute Gasteiger partial charge is 0.310 e. The molecule has 0 saturated carbocycles. The van der Waals surface area contributed by atoms with Gasteiger partial charge in [-0.25, -0.2) is 4.98 Å². The topological polar surface area (TPSA) is 74.8 Å². The van der Waals surface area contributed by atoms with Crippen molar-refractivity contribution in [3.05, 3.63) is 80.6 Å². The van der Waals surface area contributed by atoms with Crippen molar-refractivity contribution in [3.63, 3.8) is 0 Å². The minimum Gasteiger partial charge on any atom is -0.310 e. The number of hydrogen-bond donors (Lipinski definition) is 2. The van der Waals surface area contributed by atoms with Crippen molar-refractivity contribution in [3.8, 4) is 0 Å². The summed E-state index contributed by atoms with van der Waals surface area (Å²) in [4.78, 5) is 33.7. The summed E-state index contributed by atoms with van der Waals surface area (Å²) in [5.74, 6) is 0.541. The Morgan fingerprint density at radius 2 is 1.83 bits per heavy atom. The van der Waals surface area contributed by atoms with E-state index in [0.29, 0.717) is 27.3 Å². The number of nitrogens with one attached hydrogen (secondary N) is 2. The molecule has 3 aromatic rings. The van der Waals surface area contributed by atoms with Gasteiger partial charge in [0.25, 0.3) is 5.56 Å². The molecule has 0 spiro atoms. The first kappa shape index (κ1) is 20.1. The van der Waals surface area contributed by atoms with E-state index >= 15 is 0 Å². The number of fused-ring (bicyclic) bond motifs is 1. The number of amides is 1. The molecule has 0 aliphatic carbocycles. The monoisotopic (exact) mass is 443 g/mol. The number of carbonyl (C=O) groups excluding carboxylic acids is 1. The average molecular weight is 444 g/mol. The van der Waals surface area contributed by atoms with Crippen molar-refractivity contribution in [1.82, 2.24) is 9.97 Å². The highest BCUT2D eigenvalue weighted by molar-refractivity contribution is 7.98. The third-order valence-corrected chi connectivity index (χ3v) is 6.68. The van der Waals surface area contributed by atoms with Crippen molar-refractivity contribution < 1.29 is 4.79 Å². The first-order valence-electron chi connectivity index (χ1n) is 8.99. The van der Waals surface area contributed by atoms with Gasteiger partial charge in [-0.3, -0.25) is 9.59 Å². The van der Waals surface area contributed by atoms with Gasteiger partial charge in [0.1, 0.15) is 5.82 Å². The van der Waals surface area contributed by atoms with E-state index in [4.69, 9.17) is 11.6 Å². The molecule has 2 N–H and O–H groups in total. The van der Waals surface area contributed by atoms with Crippen LogP contribution in [0.25, 0.3) is 0 Å². The Morgan fingerprint density at radius 1 is 1.10 bits per heavy atom. The zero-order valence-electron chi connectivity index (χ0n) is 15.6. The molecular weight excluding hydrogens is 426 g/mol. The Bertz CT molecular complexity index is 1100. The standard InChI is InChI=1S/C21H18ClN3O2S2/c1-28-15-8-4-13(5-9-15)16-10-17(26)23-19-18(16)20(27)25-21(24-19)29-11-12-2-6-14(22)7-3-12/h2-9,16H,10-11H2,1H3,(H2,23,24,25,26,27). The lowest BCUT2D eigenvalue weighted by molar-refractivity contribution is -0.116. The zero-order chi connectivity index (χ0) is 20.4. The third kappa shape index (κ3) is 4.52. The van der Waals surface area contributed by atoms with Crippen molar-refractivity contribution >= 4 is 46.8 Å². The zero-order valence-corrected chi connectivity index (χ0v) is 18.0. The minimum atomic E-state index is -0.304. The number of benzene rings is 2. The fourth-order valence-electron chi connectivity index (χ4n) is 3.27. The van der Waals surface area contributed by atoms with Gasteiger partial charge in [0.15, 0.2) is 5.16 Å². The van der Waals surface area contributed by atoms with Crippen LogP contribution in [-0.2, 0) is 10.5 Å². The molecule has 2 aromatic carbocycles. The lowest BCUT2D eigenvalue weighted by atomic mass is 9.87. The fourth-order valence-corrected chi connectivity index (χ4v) is 4.62. The summed E-state index contributed by atoms with van der Waals surface area (Å²) >= 11 is 8.97. The van der Waals surface area contributed by atoms with Gasteiger partial charge in [0.2, 0.25) is 5.91 Å². The maximum Gasteiger partial charge on any atom is 0.257 e. The second-order valence-electron chi connectivity index (χ2n) is 6.63. The number of hydrogen-bond acceptors (Lipinski definition) is 5. The number of aromatic nitrogens is 2. The van der Waals surface area contributed by atoms with E-state index in [0.717, 1.165) is 16.0 Å². The summed E-state index contributed by atoms with van der Waals surface area (Å²) in [5, 5.41) is 3.92. The molecule has 29 heavy (non-hydrogen) atoms. The number of H-pyrrole nitrogens is 1. The number of halogens is 1. The normalized spacial score (nSPS) is 15.7. The molecule has 8 heteroatoms. The smallest absolute Gasteiger partial charge is 0.257 e. The number of rotatable bonds is 5. The van der Waals surface area contributed by atoms with Crippen LogP contribution in [0.2, 0.25) is 5.02 Å². The molecule has 5 nitrogen and oxygen atoms in total. The molecule has 0 bridgehead atoms. The molecule has 1 aromatic heterocycles. The van der Waals surface area contributed by atoms with Crippen LogP contribution in [0.3, 0.4) is 0 Å². The Labute approximate surface area is 181 Å². The molecule has 4 rings (SSSR count). The van der Waals surface area contributed by atoms with Crippen LogP contribution in [0.5, 0.6) is 0 Å². The van der Waals surface area contributed by atoms with Gasteiger partial charge >= 0.3 is 0 Å². The minimum absolute atomic E-state index is 0.136. The molecule has 1 atom stereocenters. The summed E-state index contributed by atoms with van der Waals surface area (Å²) in [6.07, 6.45) is 2.24. The van der Waals surface area contributed by atoms with Crippen LogP contribution >= 0.6 is 35.1 Å². The number of aromatic amines is 1. The summed E-state index contributed by atoms with van der Waals surface area (Å²) in [5.41, 5.74) is 2.30. The van der Waals surface area contributed by atoms with E-state index in [1.54, 1.807) is 11.8 Å². The Morgan fingerprint density at radius 3 is 2.52 bits per heavy atom. The first-order valence-corrected chi connectivity index (χ1v) is 11.6. The summed E-state index contributed by atoms with van der Waals surface area (Å²) in [6.45, 7) is 0. The Hall–Kier alpha value is -2.22. The van der Waals surface area contributed by atoms with Gasteiger partial charge in [-0.2, -0.15) is 0 Å². The van der Waals surface area contributed by atoms with Gasteiger partial charge < -0.3 is 10.3 Å². The molecule has 1 amide bonds. The van der Waals surface area contributed by atoms with E-state index in [9.17, 15) is 9.59 Å². The first-order chi connectivity index (χ1) is 14.0. The van der Waals surface area contributed by atoms with Gasteiger partial charge in [0, 0.05) is 28.0 Å². The lowest BCUT2D eigenvalue weighted by Crippen LogP contribution is -2.31. The SMILES string of the molecule is CSc1ccc(C2CC(=O)Nc3nc(SCc4ccc(Cl)cc4)[nH]c(=O)c32)cc1. The van der Waals surface area contributed by atoms with Crippen molar-refractivity contribution in [1.29, 1.82) is 0 Å². The number of carbonyl (C=O) groups is 1. The van der Waals surface area contributed by atoms with Gasteiger partial charge in [-0.1, -0.05) is 47.6 Å². The summed E-state index contributed by atoms with van der Waals surface area (Å²) < 4.78 is 0. The van der Waals surface area contributed by atoms with Crippen LogP contribution < -0.4 is 10.9 Å². The second kappa shape index (κ2) is 8.65. The molecule has 0 fully saturated rings. The van der Waals surface area contributed by atoms with E-state index in [-0.39, 0.29) is 23.8 Å². The van der Waals surface area contributed by atoms with Crippen LogP contribution in [0.1, 0.15) is 29.0 Å². The molecule has 1 unspecified atom stereocenters. The molecule has 148 valence electrons. The quantitative estimate of drug-likeness (QED) is 0.432. The third-order valence-electron chi connectivity index (χ3n) is 4.74. The predicted octanol–water partition coefficient (Wildman–Crippen LogP) is 4.91. The fraction of sp³-hybridized carbons (Fsp3) is 0.190. The van der Waals surface area contributed by atoms with E-state index < -0.39 is 0 Å². The van der Waals surface area contributed by atoms with Crippen LogP contribution in [-0.4, -0.2) is 22.1 Å². The lowest BCUT2D eigenvalue weighted by Gasteiger charge is -2.24. The maximum atomic E-state index is 12.9. The van der Waals surface area contributed by atoms with Gasteiger partial charge in [-0.05, 0) is 41.6 Å².